The Morgan fingerprint density at radius 3 is 2.27 bits per heavy atom. The lowest BCUT2D eigenvalue weighted by atomic mass is 9.86. The molecule has 8 heteroatoms. The van der Waals surface area contributed by atoms with Crippen molar-refractivity contribution in [3.05, 3.63) is 79.2 Å². The van der Waals surface area contributed by atoms with E-state index in [0.29, 0.717) is 29.7 Å². The van der Waals surface area contributed by atoms with E-state index in [4.69, 9.17) is 0 Å². The maximum Gasteiger partial charge on any atom is 0.191 e. The third-order valence-corrected chi connectivity index (χ3v) is 8.06. The molecule has 0 bridgehead atoms. The van der Waals surface area contributed by atoms with Gasteiger partial charge in [-0.1, -0.05) is 62.7 Å². The first-order valence-electron chi connectivity index (χ1n) is 9.46. The number of hydrogen-bond acceptors (Lipinski definition) is 6. The van der Waals surface area contributed by atoms with Crippen molar-refractivity contribution < 1.29 is 9.59 Å². The van der Waals surface area contributed by atoms with Gasteiger partial charge < -0.3 is 0 Å². The van der Waals surface area contributed by atoms with E-state index in [0.717, 1.165) is 24.1 Å². The molecule has 4 rings (SSSR count). The van der Waals surface area contributed by atoms with Gasteiger partial charge in [-0.25, -0.2) is 0 Å². The average Bonchev–Trinajstić information content (AvgIpc) is 3.16. The van der Waals surface area contributed by atoms with Crippen molar-refractivity contribution in [1.82, 2.24) is 5.01 Å². The smallest absolute Gasteiger partial charge is 0.191 e. The number of carbonyl (C=O) groups is 2. The Bertz CT molecular complexity index is 1050. The van der Waals surface area contributed by atoms with Crippen molar-refractivity contribution in [3.63, 3.8) is 0 Å². The fraction of sp³-hybridized carbons (Fsp3) is 0.227. The van der Waals surface area contributed by atoms with Crippen LogP contribution in [0.15, 0.2) is 73.2 Å². The molecule has 2 heterocycles. The van der Waals surface area contributed by atoms with Crippen LogP contribution in [0.3, 0.4) is 0 Å². The first kappa shape index (κ1) is 21.9. The number of fused-ring (bicyclic) bond motifs is 1. The van der Waals surface area contributed by atoms with Gasteiger partial charge in [0.25, 0.3) is 0 Å². The minimum Gasteiger partial charge on any atom is -0.294 e. The molecule has 0 unspecified atom stereocenters. The highest BCUT2D eigenvalue weighted by molar-refractivity contribution is 9.10. The van der Waals surface area contributed by atoms with Crippen LogP contribution in [0.5, 0.6) is 0 Å². The number of allylic oxidation sites excluding steroid dienone is 1. The maximum atomic E-state index is 13.4. The predicted molar refractivity (Wildman–Crippen MR) is 132 cm³/mol. The molecule has 0 saturated carbocycles. The molecule has 30 heavy (non-hydrogen) atoms. The van der Waals surface area contributed by atoms with E-state index in [1.54, 1.807) is 11.8 Å². The number of Topliss-reactive ketones (excluding diaryl/α,β-unsaturated/α-hetero) is 2. The molecule has 0 amide bonds. The van der Waals surface area contributed by atoms with Crippen molar-refractivity contribution in [1.29, 1.82) is 0 Å². The van der Waals surface area contributed by atoms with Gasteiger partial charge in [0.1, 0.15) is 5.03 Å². The molecule has 0 aliphatic carbocycles. The van der Waals surface area contributed by atoms with Crippen LogP contribution in [0, 0.1) is 5.92 Å². The first-order valence-corrected chi connectivity index (χ1v) is 12.8. The summed E-state index contributed by atoms with van der Waals surface area (Å²) in [5.74, 6) is 0.588. The second-order valence-electron chi connectivity index (χ2n) is 6.88. The number of halogens is 2. The van der Waals surface area contributed by atoms with Crippen molar-refractivity contribution in [3.8, 4) is 0 Å². The van der Waals surface area contributed by atoms with Gasteiger partial charge in [0.15, 0.2) is 15.9 Å². The monoisotopic (exact) mass is 564 g/mol. The zero-order valence-electron chi connectivity index (χ0n) is 16.1. The number of thioether (sulfide) groups is 2. The fourth-order valence-electron chi connectivity index (χ4n) is 3.42. The van der Waals surface area contributed by atoms with Crippen LogP contribution in [0.1, 0.15) is 34.1 Å². The molecule has 0 fully saturated rings. The number of carbonyl (C=O) groups excluding carboxylic acids is 2. The summed E-state index contributed by atoms with van der Waals surface area (Å²) in [7, 11) is 0. The Hall–Kier alpha value is -1.35. The van der Waals surface area contributed by atoms with E-state index < -0.39 is 0 Å². The summed E-state index contributed by atoms with van der Waals surface area (Å²) < 4.78 is 2.77. The average molecular weight is 566 g/mol. The Kier molecular flexibility index (Phi) is 6.87. The molecule has 0 saturated heterocycles. The van der Waals surface area contributed by atoms with Crippen LogP contribution in [0.4, 0.5) is 0 Å². The summed E-state index contributed by atoms with van der Waals surface area (Å²) >= 11 is 10.0. The first-order chi connectivity index (χ1) is 14.5. The van der Waals surface area contributed by atoms with Crippen LogP contribution in [-0.4, -0.2) is 33.2 Å². The van der Waals surface area contributed by atoms with Crippen molar-refractivity contribution >= 4 is 71.3 Å². The van der Waals surface area contributed by atoms with Gasteiger partial charge in [0.05, 0.1) is 6.54 Å². The molecular weight excluding hydrogens is 548 g/mol. The van der Waals surface area contributed by atoms with Gasteiger partial charge in [-0.05, 0) is 60.3 Å². The number of ketones is 2. The Morgan fingerprint density at radius 1 is 1.07 bits per heavy atom. The van der Waals surface area contributed by atoms with Crippen molar-refractivity contribution in [2.45, 2.75) is 13.3 Å². The third kappa shape index (κ3) is 4.61. The minimum absolute atomic E-state index is 0.0405. The molecule has 2 aliphatic heterocycles. The summed E-state index contributed by atoms with van der Waals surface area (Å²) in [4.78, 5) is 26.6. The topological polar surface area (TPSA) is 49.7 Å². The van der Waals surface area contributed by atoms with Crippen LogP contribution in [0.25, 0.3) is 0 Å². The molecule has 0 spiro atoms. The Labute approximate surface area is 200 Å². The van der Waals surface area contributed by atoms with Crippen LogP contribution < -0.4 is 0 Å². The molecule has 2 aromatic rings. The summed E-state index contributed by atoms with van der Waals surface area (Å²) in [5, 5.41) is 7.39. The van der Waals surface area contributed by atoms with E-state index in [1.165, 1.54) is 11.8 Å². The molecule has 2 aromatic carbocycles. The summed E-state index contributed by atoms with van der Waals surface area (Å²) in [6.07, 6.45) is 0.419. The lowest BCUT2D eigenvalue weighted by Crippen LogP contribution is -2.34. The molecule has 4 nitrogen and oxygen atoms in total. The van der Waals surface area contributed by atoms with E-state index in [9.17, 15) is 9.59 Å². The van der Waals surface area contributed by atoms with Gasteiger partial charge >= 0.3 is 0 Å². The minimum atomic E-state index is -0.320. The fourth-order valence-corrected chi connectivity index (χ4v) is 6.00. The van der Waals surface area contributed by atoms with E-state index in [2.05, 4.69) is 43.9 Å². The maximum absolute atomic E-state index is 13.4. The molecule has 0 radical (unpaired) electrons. The number of nitrogens with zero attached hydrogens (tertiary/aromatic N) is 2. The largest absolute Gasteiger partial charge is 0.294 e. The van der Waals surface area contributed by atoms with Crippen LogP contribution >= 0.6 is 55.4 Å². The highest BCUT2D eigenvalue weighted by atomic mass is 79.9. The summed E-state index contributed by atoms with van der Waals surface area (Å²) in [5.41, 5.74) is 1.94. The molecule has 0 aromatic heterocycles. The van der Waals surface area contributed by atoms with E-state index in [-0.39, 0.29) is 17.5 Å². The summed E-state index contributed by atoms with van der Waals surface area (Å²) in [6.45, 7) is 2.56. The molecule has 0 N–H and O–H groups in total. The number of hydrazone groups is 1. The molecule has 154 valence electrons. The van der Waals surface area contributed by atoms with Crippen molar-refractivity contribution in [2.24, 2.45) is 11.0 Å². The number of rotatable bonds is 5. The standard InChI is InChI=1S/C22H18Br2N2O2S2/c1-2-29-22-25-26-12-15(19(27)13-3-7-16(23)8-4-13)11-18(21(26)30-22)20(28)14-5-9-17(24)10-6-14/h3-10,15H,2,11-12H2,1H3/t15-/m1/s1. The molecule has 1 atom stereocenters. The van der Waals surface area contributed by atoms with Gasteiger partial charge in [-0.15, -0.1) is 0 Å². The SMILES string of the molecule is CCSC1=NN2C[C@H](C(=O)c3ccc(Br)cc3)CC(C(=O)c3ccc(Br)cc3)=C2S1. The zero-order chi connectivity index (χ0) is 21.3. The molecular formula is C22H18Br2N2O2S2. The van der Waals surface area contributed by atoms with Crippen molar-refractivity contribution in [2.75, 3.05) is 12.3 Å². The lowest BCUT2D eigenvalue weighted by Gasteiger charge is -2.30. The Balaban J connectivity index is 1.67. The van der Waals surface area contributed by atoms with E-state index in [1.807, 2.05) is 53.5 Å². The number of hydrogen-bond donors (Lipinski definition) is 0. The van der Waals surface area contributed by atoms with Gasteiger partial charge in [-0.3, -0.25) is 14.6 Å². The number of benzene rings is 2. The van der Waals surface area contributed by atoms with Gasteiger partial charge in [-0.2, -0.15) is 5.10 Å². The third-order valence-electron chi connectivity index (χ3n) is 4.87. The lowest BCUT2D eigenvalue weighted by molar-refractivity contribution is 0.0877. The van der Waals surface area contributed by atoms with Gasteiger partial charge in [0, 0.05) is 31.6 Å². The second-order valence-corrected chi connectivity index (χ2v) is 11.2. The predicted octanol–water partition coefficient (Wildman–Crippen LogP) is 6.58. The zero-order valence-corrected chi connectivity index (χ0v) is 20.9. The van der Waals surface area contributed by atoms with Crippen LogP contribution in [-0.2, 0) is 0 Å². The van der Waals surface area contributed by atoms with E-state index >= 15 is 0 Å². The normalized spacial score (nSPS) is 18.3. The highest BCUT2D eigenvalue weighted by Gasteiger charge is 2.38. The summed E-state index contributed by atoms with van der Waals surface area (Å²) in [6, 6.07) is 14.7. The Morgan fingerprint density at radius 2 is 1.67 bits per heavy atom. The second kappa shape index (κ2) is 9.42. The quantitative estimate of drug-likeness (QED) is 0.383. The van der Waals surface area contributed by atoms with Gasteiger partial charge in [0.2, 0.25) is 0 Å². The molecule has 2 aliphatic rings. The van der Waals surface area contributed by atoms with Crippen LogP contribution in [0.2, 0.25) is 0 Å². The highest BCUT2D eigenvalue weighted by Crippen LogP contribution is 2.43.